The van der Waals surface area contributed by atoms with E-state index in [0.29, 0.717) is 5.92 Å². The van der Waals surface area contributed by atoms with Crippen LogP contribution in [0, 0.1) is 6.92 Å². The summed E-state index contributed by atoms with van der Waals surface area (Å²) in [7, 11) is 0. The van der Waals surface area contributed by atoms with E-state index in [4.69, 9.17) is 11.6 Å². The third-order valence-electron chi connectivity index (χ3n) is 5.76. The fraction of sp³-hybridized carbons (Fsp3) is 0.435. The number of anilines is 2. The fourth-order valence-electron chi connectivity index (χ4n) is 3.92. The number of nitrogens with zero attached hydrogens (tertiary/aromatic N) is 1. The standard InChI is InChI=1S/C23H30ClN3O/c1-16(2)21-10-5-7-17(3)22(21)25-23(28)18(4)26-11-13-27(14-12-26)20-9-6-8-19(24)15-20/h5-10,15-16,18H,11-14H2,1-4H3,(H,25,28)/p+1/t18-/m0/s1. The van der Waals surface area contributed by atoms with Gasteiger partial charge < -0.3 is 15.1 Å². The Bertz CT molecular complexity index is 828. The van der Waals surface area contributed by atoms with Gasteiger partial charge in [-0.2, -0.15) is 0 Å². The first-order chi connectivity index (χ1) is 13.4. The summed E-state index contributed by atoms with van der Waals surface area (Å²) in [5, 5.41) is 3.98. The monoisotopic (exact) mass is 400 g/mol. The van der Waals surface area contributed by atoms with Gasteiger partial charge in [0.05, 0.1) is 26.2 Å². The van der Waals surface area contributed by atoms with Crippen molar-refractivity contribution < 1.29 is 9.69 Å². The smallest absolute Gasteiger partial charge is 0.282 e. The van der Waals surface area contributed by atoms with E-state index in [2.05, 4.69) is 55.3 Å². The average Bonchev–Trinajstić information content (AvgIpc) is 2.68. The predicted molar refractivity (Wildman–Crippen MR) is 118 cm³/mol. The molecule has 2 aromatic carbocycles. The lowest BCUT2D eigenvalue weighted by Gasteiger charge is -2.36. The molecule has 0 spiro atoms. The van der Waals surface area contributed by atoms with Crippen molar-refractivity contribution in [2.45, 2.75) is 39.7 Å². The number of nitrogens with one attached hydrogen (secondary N) is 2. The molecule has 1 fully saturated rings. The third-order valence-corrected chi connectivity index (χ3v) is 6.00. The van der Waals surface area contributed by atoms with Gasteiger partial charge in [-0.05, 0) is 49.1 Å². The van der Waals surface area contributed by atoms with E-state index >= 15 is 0 Å². The zero-order valence-electron chi connectivity index (χ0n) is 17.3. The number of quaternary nitrogens is 1. The lowest BCUT2D eigenvalue weighted by Crippen LogP contribution is -3.19. The highest BCUT2D eigenvalue weighted by Crippen LogP contribution is 2.27. The summed E-state index contributed by atoms with van der Waals surface area (Å²) in [6, 6.07) is 14.1. The average molecular weight is 401 g/mol. The van der Waals surface area contributed by atoms with Crippen molar-refractivity contribution in [3.63, 3.8) is 0 Å². The van der Waals surface area contributed by atoms with Crippen LogP contribution in [0.2, 0.25) is 5.02 Å². The van der Waals surface area contributed by atoms with Crippen LogP contribution in [0.5, 0.6) is 0 Å². The second kappa shape index (κ2) is 8.97. The molecule has 150 valence electrons. The Hall–Kier alpha value is -2.04. The highest BCUT2D eigenvalue weighted by molar-refractivity contribution is 6.30. The van der Waals surface area contributed by atoms with Crippen molar-refractivity contribution in [3.8, 4) is 0 Å². The van der Waals surface area contributed by atoms with Crippen LogP contribution in [0.1, 0.15) is 37.8 Å². The zero-order chi connectivity index (χ0) is 20.3. The SMILES string of the molecule is Cc1cccc(C(C)C)c1NC(=O)[C@H](C)[NH+]1CCN(c2cccc(Cl)c2)CC1. The number of carbonyl (C=O) groups excluding carboxylic acids is 1. The summed E-state index contributed by atoms with van der Waals surface area (Å²) in [6.45, 7) is 12.1. The van der Waals surface area contributed by atoms with Gasteiger partial charge in [-0.1, -0.05) is 49.7 Å². The number of para-hydroxylation sites is 1. The van der Waals surface area contributed by atoms with Gasteiger partial charge in [0.1, 0.15) is 0 Å². The summed E-state index contributed by atoms with van der Waals surface area (Å²) < 4.78 is 0. The number of piperazine rings is 1. The van der Waals surface area contributed by atoms with Gasteiger partial charge in [-0.25, -0.2) is 0 Å². The molecule has 1 aliphatic rings. The molecule has 0 unspecified atom stereocenters. The molecule has 0 aromatic heterocycles. The largest absolute Gasteiger partial charge is 0.360 e. The van der Waals surface area contributed by atoms with E-state index in [1.165, 1.54) is 10.5 Å². The lowest BCUT2D eigenvalue weighted by atomic mass is 9.98. The molecule has 1 amide bonds. The number of amides is 1. The van der Waals surface area contributed by atoms with Crippen molar-refractivity contribution in [1.29, 1.82) is 0 Å². The number of hydrogen-bond donors (Lipinski definition) is 2. The van der Waals surface area contributed by atoms with Crippen molar-refractivity contribution in [3.05, 3.63) is 58.6 Å². The quantitative estimate of drug-likeness (QED) is 0.805. The first-order valence-corrected chi connectivity index (χ1v) is 10.5. The van der Waals surface area contributed by atoms with Gasteiger partial charge in [-0.3, -0.25) is 4.79 Å². The Balaban J connectivity index is 1.63. The summed E-state index contributed by atoms with van der Waals surface area (Å²) in [6.07, 6.45) is 0. The Labute approximate surface area is 173 Å². The van der Waals surface area contributed by atoms with Crippen LogP contribution in [0.15, 0.2) is 42.5 Å². The minimum Gasteiger partial charge on any atom is -0.360 e. The lowest BCUT2D eigenvalue weighted by molar-refractivity contribution is -0.914. The van der Waals surface area contributed by atoms with Gasteiger partial charge in [0.2, 0.25) is 0 Å². The Morgan fingerprint density at radius 2 is 1.79 bits per heavy atom. The fourth-order valence-corrected chi connectivity index (χ4v) is 4.10. The van der Waals surface area contributed by atoms with Crippen molar-refractivity contribution in [2.75, 3.05) is 36.4 Å². The minimum absolute atomic E-state index is 0.0823. The maximum atomic E-state index is 13.0. The molecular formula is C23H31ClN3O+. The van der Waals surface area contributed by atoms with E-state index in [1.54, 1.807) is 0 Å². The van der Waals surface area contributed by atoms with E-state index in [0.717, 1.165) is 48.1 Å². The molecular weight excluding hydrogens is 370 g/mol. The number of aryl methyl sites for hydroxylation is 1. The highest BCUT2D eigenvalue weighted by Gasteiger charge is 2.30. The first kappa shape index (κ1) is 20.7. The van der Waals surface area contributed by atoms with Crippen LogP contribution in [-0.2, 0) is 4.79 Å². The van der Waals surface area contributed by atoms with E-state index in [9.17, 15) is 4.79 Å². The molecule has 3 rings (SSSR count). The van der Waals surface area contributed by atoms with Gasteiger partial charge >= 0.3 is 0 Å². The summed E-state index contributed by atoms with van der Waals surface area (Å²) in [5.74, 6) is 0.474. The zero-order valence-corrected chi connectivity index (χ0v) is 18.0. The highest BCUT2D eigenvalue weighted by atomic mass is 35.5. The van der Waals surface area contributed by atoms with E-state index < -0.39 is 0 Å². The third kappa shape index (κ3) is 4.68. The number of benzene rings is 2. The molecule has 0 radical (unpaired) electrons. The second-order valence-electron chi connectivity index (χ2n) is 8.03. The summed E-state index contributed by atoms with van der Waals surface area (Å²) >= 11 is 6.12. The minimum atomic E-state index is -0.0823. The molecule has 0 bridgehead atoms. The van der Waals surface area contributed by atoms with Crippen LogP contribution in [-0.4, -0.2) is 38.1 Å². The molecule has 1 heterocycles. The summed E-state index contributed by atoms with van der Waals surface area (Å²) in [4.78, 5) is 16.6. The predicted octanol–water partition coefficient (Wildman–Crippen LogP) is 3.50. The molecule has 0 saturated carbocycles. The first-order valence-electron chi connectivity index (χ1n) is 10.1. The molecule has 1 atom stereocenters. The van der Waals surface area contributed by atoms with Gasteiger partial charge in [0.15, 0.2) is 6.04 Å². The van der Waals surface area contributed by atoms with Crippen LogP contribution >= 0.6 is 11.6 Å². The number of halogens is 1. The molecule has 4 nitrogen and oxygen atoms in total. The maximum absolute atomic E-state index is 13.0. The molecule has 1 saturated heterocycles. The molecule has 5 heteroatoms. The van der Waals surface area contributed by atoms with Gasteiger partial charge in [0.25, 0.3) is 5.91 Å². The van der Waals surface area contributed by atoms with Gasteiger partial charge in [0, 0.05) is 16.4 Å². The van der Waals surface area contributed by atoms with Crippen molar-refractivity contribution in [2.24, 2.45) is 0 Å². The van der Waals surface area contributed by atoms with Crippen LogP contribution < -0.4 is 15.1 Å². The van der Waals surface area contributed by atoms with Crippen LogP contribution in [0.25, 0.3) is 0 Å². The van der Waals surface area contributed by atoms with Crippen LogP contribution in [0.4, 0.5) is 11.4 Å². The maximum Gasteiger partial charge on any atom is 0.282 e. The van der Waals surface area contributed by atoms with E-state index in [1.807, 2.05) is 25.1 Å². The van der Waals surface area contributed by atoms with Crippen molar-refractivity contribution in [1.82, 2.24) is 0 Å². The van der Waals surface area contributed by atoms with Crippen LogP contribution in [0.3, 0.4) is 0 Å². The molecule has 2 aromatic rings. The molecule has 2 N–H and O–H groups in total. The molecule has 1 aliphatic heterocycles. The van der Waals surface area contributed by atoms with Gasteiger partial charge in [-0.15, -0.1) is 0 Å². The normalized spacial score (nSPS) is 16.3. The van der Waals surface area contributed by atoms with E-state index in [-0.39, 0.29) is 11.9 Å². The number of rotatable bonds is 5. The van der Waals surface area contributed by atoms with Crippen molar-refractivity contribution >= 4 is 28.9 Å². The molecule has 28 heavy (non-hydrogen) atoms. The Kier molecular flexibility index (Phi) is 6.63. The molecule has 0 aliphatic carbocycles. The second-order valence-corrected chi connectivity index (χ2v) is 8.47. The number of hydrogen-bond acceptors (Lipinski definition) is 2. The Morgan fingerprint density at radius 1 is 1.11 bits per heavy atom. The topological polar surface area (TPSA) is 36.8 Å². The summed E-state index contributed by atoms with van der Waals surface area (Å²) in [5.41, 5.74) is 4.45. The Morgan fingerprint density at radius 3 is 2.43 bits per heavy atom. The number of carbonyl (C=O) groups is 1.